The maximum absolute atomic E-state index is 13.5. The summed E-state index contributed by atoms with van der Waals surface area (Å²) in [6.07, 6.45) is 1.83. The van der Waals surface area contributed by atoms with Crippen molar-refractivity contribution in [1.82, 2.24) is 10.9 Å². The molecule has 2 aromatic rings. The molecule has 2 amide bonds. The molecule has 25 heavy (non-hydrogen) atoms. The van der Waals surface area contributed by atoms with Crippen LogP contribution >= 0.6 is 11.6 Å². The Hall–Kier alpha value is -2.86. The lowest BCUT2D eigenvalue weighted by Gasteiger charge is -2.15. The van der Waals surface area contributed by atoms with Crippen LogP contribution in [0.25, 0.3) is 6.08 Å². The maximum atomic E-state index is 13.5. The van der Waals surface area contributed by atoms with Crippen molar-refractivity contribution in [1.29, 1.82) is 0 Å². The fourth-order valence-corrected chi connectivity index (χ4v) is 1.92. The van der Waals surface area contributed by atoms with Gasteiger partial charge in [-0.1, -0.05) is 35.9 Å². The van der Waals surface area contributed by atoms with E-state index in [4.69, 9.17) is 16.3 Å². The van der Waals surface area contributed by atoms with Crippen LogP contribution in [0, 0.1) is 5.82 Å². The van der Waals surface area contributed by atoms with E-state index in [9.17, 15) is 14.0 Å². The van der Waals surface area contributed by atoms with Crippen molar-refractivity contribution >= 4 is 29.5 Å². The van der Waals surface area contributed by atoms with E-state index in [1.165, 1.54) is 31.2 Å². The van der Waals surface area contributed by atoms with Crippen LogP contribution in [0.1, 0.15) is 12.5 Å². The highest BCUT2D eigenvalue weighted by atomic mass is 35.5. The van der Waals surface area contributed by atoms with E-state index >= 15 is 0 Å². The average Bonchev–Trinajstić information content (AvgIpc) is 2.61. The predicted octanol–water partition coefficient (Wildman–Crippen LogP) is 3.11. The van der Waals surface area contributed by atoms with Gasteiger partial charge in [0.2, 0.25) is 0 Å². The van der Waals surface area contributed by atoms with Gasteiger partial charge in [-0.3, -0.25) is 20.4 Å². The minimum absolute atomic E-state index is 0.0425. The van der Waals surface area contributed by atoms with E-state index in [1.807, 2.05) is 0 Å². The number of benzene rings is 2. The molecular formula is C18H16ClFN2O3. The first-order valence-electron chi connectivity index (χ1n) is 7.40. The molecule has 2 rings (SSSR count). The fraction of sp³-hybridized carbons (Fsp3) is 0.111. The second-order valence-corrected chi connectivity index (χ2v) is 5.49. The number of ether oxygens (including phenoxy) is 1. The third kappa shape index (κ3) is 5.93. The number of hydrogen-bond donors (Lipinski definition) is 2. The predicted molar refractivity (Wildman–Crippen MR) is 93.3 cm³/mol. The Balaban J connectivity index is 1.81. The van der Waals surface area contributed by atoms with Crippen molar-refractivity contribution in [2.75, 3.05) is 0 Å². The topological polar surface area (TPSA) is 67.4 Å². The van der Waals surface area contributed by atoms with Crippen LogP contribution in [0.5, 0.6) is 5.75 Å². The highest BCUT2D eigenvalue weighted by Crippen LogP contribution is 2.16. The van der Waals surface area contributed by atoms with E-state index in [-0.39, 0.29) is 5.75 Å². The monoisotopic (exact) mass is 362 g/mol. The number of hydrazine groups is 1. The smallest absolute Gasteiger partial charge is 0.279 e. The number of rotatable bonds is 5. The van der Waals surface area contributed by atoms with Gasteiger partial charge in [0.05, 0.1) is 0 Å². The van der Waals surface area contributed by atoms with Crippen LogP contribution in [0.2, 0.25) is 5.02 Å². The van der Waals surface area contributed by atoms with Crippen molar-refractivity contribution in [3.63, 3.8) is 0 Å². The van der Waals surface area contributed by atoms with Gasteiger partial charge in [0.25, 0.3) is 11.8 Å². The number of hydrogen-bond acceptors (Lipinski definition) is 3. The van der Waals surface area contributed by atoms with Gasteiger partial charge in [0.15, 0.2) is 17.7 Å². The van der Waals surface area contributed by atoms with E-state index < -0.39 is 23.7 Å². The molecule has 0 radical (unpaired) electrons. The Morgan fingerprint density at radius 2 is 1.80 bits per heavy atom. The molecule has 0 fully saturated rings. The van der Waals surface area contributed by atoms with Crippen LogP contribution in [0.3, 0.4) is 0 Å². The van der Waals surface area contributed by atoms with Gasteiger partial charge in [-0.2, -0.15) is 0 Å². The van der Waals surface area contributed by atoms with Gasteiger partial charge < -0.3 is 4.74 Å². The van der Waals surface area contributed by atoms with E-state index in [0.29, 0.717) is 5.02 Å². The third-order valence-corrected chi connectivity index (χ3v) is 3.37. The molecule has 1 atom stereocenters. The molecule has 2 aromatic carbocycles. The molecule has 130 valence electrons. The van der Waals surface area contributed by atoms with Crippen LogP contribution in [-0.4, -0.2) is 17.9 Å². The summed E-state index contributed by atoms with van der Waals surface area (Å²) < 4.78 is 18.7. The molecule has 0 saturated heterocycles. The number of nitrogens with one attached hydrogen (secondary N) is 2. The Kier molecular flexibility index (Phi) is 6.54. The Morgan fingerprint density at radius 3 is 2.48 bits per heavy atom. The number of para-hydroxylation sites is 1. The highest BCUT2D eigenvalue weighted by Gasteiger charge is 2.16. The molecule has 0 unspecified atom stereocenters. The standard InChI is InChI=1S/C18H16ClFN2O3/c1-12(25-16-5-3-2-4-15(16)20)18(24)22-21-17(23)11-8-13-6-9-14(19)10-7-13/h2-12H,1H3,(H,21,23)(H,22,24)/b11-8+/t12-/m1/s1. The normalized spacial score (nSPS) is 11.8. The Labute approximate surface area is 149 Å². The summed E-state index contributed by atoms with van der Waals surface area (Å²) in [5.41, 5.74) is 5.21. The first kappa shape index (κ1) is 18.5. The summed E-state index contributed by atoms with van der Waals surface area (Å²) in [5.74, 6) is -1.76. The first-order chi connectivity index (χ1) is 12.0. The maximum Gasteiger partial charge on any atom is 0.279 e. The molecule has 0 saturated carbocycles. The lowest BCUT2D eigenvalue weighted by atomic mass is 10.2. The second kappa shape index (κ2) is 8.84. The molecule has 0 bridgehead atoms. The molecule has 0 aliphatic rings. The van der Waals surface area contributed by atoms with Gasteiger partial charge >= 0.3 is 0 Å². The number of amides is 2. The minimum Gasteiger partial charge on any atom is -0.478 e. The van der Waals surface area contributed by atoms with Crippen LogP contribution < -0.4 is 15.6 Å². The van der Waals surface area contributed by atoms with Crippen molar-refractivity contribution in [3.05, 3.63) is 71.0 Å². The highest BCUT2D eigenvalue weighted by molar-refractivity contribution is 6.30. The van der Waals surface area contributed by atoms with Crippen LogP contribution in [-0.2, 0) is 9.59 Å². The van der Waals surface area contributed by atoms with Crippen LogP contribution in [0.4, 0.5) is 4.39 Å². The van der Waals surface area contributed by atoms with Crippen LogP contribution in [0.15, 0.2) is 54.6 Å². The number of halogens is 2. The summed E-state index contributed by atoms with van der Waals surface area (Å²) in [6, 6.07) is 12.6. The van der Waals surface area contributed by atoms with Gasteiger partial charge in [0, 0.05) is 11.1 Å². The zero-order valence-electron chi connectivity index (χ0n) is 13.3. The molecule has 0 aliphatic heterocycles. The molecule has 0 aromatic heterocycles. The summed E-state index contributed by atoms with van der Waals surface area (Å²) in [5, 5.41) is 0.595. The number of carbonyl (C=O) groups is 2. The Bertz CT molecular complexity index is 778. The summed E-state index contributed by atoms with van der Waals surface area (Å²) in [7, 11) is 0. The molecule has 2 N–H and O–H groups in total. The van der Waals surface area contributed by atoms with Crippen molar-refractivity contribution in [2.24, 2.45) is 0 Å². The molecular weight excluding hydrogens is 347 g/mol. The van der Waals surface area contributed by atoms with Gasteiger partial charge in [-0.25, -0.2) is 4.39 Å². The summed E-state index contributed by atoms with van der Waals surface area (Å²) in [4.78, 5) is 23.5. The quantitative estimate of drug-likeness (QED) is 0.634. The SMILES string of the molecule is C[C@@H](Oc1ccccc1F)C(=O)NNC(=O)/C=C/c1ccc(Cl)cc1. The third-order valence-electron chi connectivity index (χ3n) is 3.12. The van der Waals surface area contributed by atoms with Crippen molar-refractivity contribution < 1.29 is 18.7 Å². The van der Waals surface area contributed by atoms with E-state index in [0.717, 1.165) is 5.56 Å². The lowest BCUT2D eigenvalue weighted by molar-refractivity contribution is -0.131. The number of carbonyl (C=O) groups excluding carboxylic acids is 2. The largest absolute Gasteiger partial charge is 0.478 e. The van der Waals surface area contributed by atoms with E-state index in [2.05, 4.69) is 10.9 Å². The first-order valence-corrected chi connectivity index (χ1v) is 7.78. The molecule has 0 spiro atoms. The molecule has 0 heterocycles. The summed E-state index contributed by atoms with van der Waals surface area (Å²) in [6.45, 7) is 1.44. The molecule has 7 heteroatoms. The zero-order chi connectivity index (χ0) is 18.2. The summed E-state index contributed by atoms with van der Waals surface area (Å²) >= 11 is 5.77. The second-order valence-electron chi connectivity index (χ2n) is 5.05. The van der Waals surface area contributed by atoms with Crippen molar-refractivity contribution in [2.45, 2.75) is 13.0 Å². The molecule has 0 aliphatic carbocycles. The van der Waals surface area contributed by atoms with Gasteiger partial charge in [-0.15, -0.1) is 0 Å². The minimum atomic E-state index is -0.988. The van der Waals surface area contributed by atoms with E-state index in [1.54, 1.807) is 36.4 Å². The van der Waals surface area contributed by atoms with Crippen molar-refractivity contribution in [3.8, 4) is 5.75 Å². The zero-order valence-corrected chi connectivity index (χ0v) is 14.1. The fourth-order valence-electron chi connectivity index (χ4n) is 1.80. The average molecular weight is 363 g/mol. The Morgan fingerprint density at radius 1 is 1.12 bits per heavy atom. The van der Waals surface area contributed by atoms with Gasteiger partial charge in [-0.05, 0) is 42.8 Å². The lowest BCUT2D eigenvalue weighted by Crippen LogP contribution is -2.46. The molecule has 5 nitrogen and oxygen atoms in total. The van der Waals surface area contributed by atoms with Gasteiger partial charge in [0.1, 0.15) is 0 Å².